The minimum Gasteiger partial charge on any atom is -0.490 e. The Labute approximate surface area is 191 Å². The largest absolute Gasteiger partial charge is 0.490 e. The first-order chi connectivity index (χ1) is 15.6. The average Bonchev–Trinajstić information content (AvgIpc) is 3.60. The maximum Gasteiger partial charge on any atom is 0.325 e. The van der Waals surface area contributed by atoms with Crippen LogP contribution in [0.15, 0.2) is 64.2 Å². The molecule has 1 heterocycles. The highest BCUT2D eigenvalue weighted by molar-refractivity contribution is 6.32. The monoisotopic (exact) mass is 448 g/mol. The van der Waals surface area contributed by atoms with E-state index in [1.807, 2.05) is 48.5 Å². The highest BCUT2D eigenvalue weighted by Crippen LogP contribution is 2.39. The number of H-pyrrole nitrogens is 2. The normalized spacial score (nSPS) is 18.3. The molecule has 0 amide bonds. The molecule has 2 aromatic carbocycles. The lowest BCUT2D eigenvalue weighted by Gasteiger charge is -2.24. The Morgan fingerprint density at radius 2 is 1.81 bits per heavy atom. The van der Waals surface area contributed by atoms with Gasteiger partial charge in [-0.2, -0.15) is 0 Å². The second kappa shape index (κ2) is 8.83. The number of rotatable bonds is 6. The predicted molar refractivity (Wildman–Crippen MR) is 127 cm³/mol. The van der Waals surface area contributed by atoms with Crippen molar-refractivity contribution in [2.45, 2.75) is 50.5 Å². The first-order valence-electron chi connectivity index (χ1n) is 11.1. The molecule has 1 aromatic heterocycles. The van der Waals surface area contributed by atoms with Gasteiger partial charge in [0.25, 0.3) is 5.56 Å². The average molecular weight is 449 g/mol. The molecule has 2 aliphatic rings. The fourth-order valence-corrected chi connectivity index (χ4v) is 4.69. The molecule has 0 aliphatic heterocycles. The van der Waals surface area contributed by atoms with E-state index in [1.54, 1.807) is 0 Å². The Kier molecular flexibility index (Phi) is 5.75. The second-order valence-corrected chi connectivity index (χ2v) is 9.03. The SMILES string of the molecule is O=c1[nH]c(C2CC=C(c3ccc(OC4CC4)cc3Cl)CC2)c(Cc2ccccc2)c(=O)[nH]1. The highest BCUT2D eigenvalue weighted by atomic mass is 35.5. The molecule has 1 atom stereocenters. The van der Waals surface area contributed by atoms with E-state index in [4.69, 9.17) is 16.3 Å². The molecule has 2 N–H and O–H groups in total. The molecular formula is C26H25ClN2O3. The number of aromatic amines is 2. The molecule has 1 fully saturated rings. The molecule has 6 heteroatoms. The third kappa shape index (κ3) is 4.58. The molecule has 2 aliphatic carbocycles. The van der Waals surface area contributed by atoms with Gasteiger partial charge >= 0.3 is 5.69 Å². The summed E-state index contributed by atoms with van der Waals surface area (Å²) in [6.07, 6.45) is 7.65. The molecule has 0 bridgehead atoms. The smallest absolute Gasteiger partial charge is 0.325 e. The van der Waals surface area contributed by atoms with Crippen molar-refractivity contribution in [3.8, 4) is 5.75 Å². The molecule has 0 spiro atoms. The third-order valence-electron chi connectivity index (χ3n) is 6.23. The molecule has 5 nitrogen and oxygen atoms in total. The number of hydrogen-bond donors (Lipinski definition) is 2. The van der Waals surface area contributed by atoms with Crippen molar-refractivity contribution in [1.82, 2.24) is 9.97 Å². The van der Waals surface area contributed by atoms with Gasteiger partial charge in [-0.1, -0.05) is 48.0 Å². The van der Waals surface area contributed by atoms with E-state index in [2.05, 4.69) is 16.0 Å². The first kappa shape index (κ1) is 20.8. The third-order valence-corrected chi connectivity index (χ3v) is 6.54. The van der Waals surface area contributed by atoms with Crippen molar-refractivity contribution in [3.05, 3.63) is 103 Å². The summed E-state index contributed by atoms with van der Waals surface area (Å²) in [5.41, 5.74) is 3.88. The molecule has 3 aromatic rings. The topological polar surface area (TPSA) is 75.0 Å². The van der Waals surface area contributed by atoms with Gasteiger partial charge in [0.05, 0.1) is 11.1 Å². The number of halogens is 1. The van der Waals surface area contributed by atoms with Gasteiger partial charge in [-0.25, -0.2) is 4.79 Å². The highest BCUT2D eigenvalue weighted by Gasteiger charge is 2.25. The summed E-state index contributed by atoms with van der Waals surface area (Å²) in [5.74, 6) is 0.908. The van der Waals surface area contributed by atoms with Gasteiger partial charge in [0, 0.05) is 23.6 Å². The Bertz CT molecular complexity index is 1270. The van der Waals surface area contributed by atoms with Crippen molar-refractivity contribution in [1.29, 1.82) is 0 Å². The zero-order valence-electron chi connectivity index (χ0n) is 17.7. The number of hydrogen-bond acceptors (Lipinski definition) is 3. The van der Waals surface area contributed by atoms with Crippen LogP contribution in [0, 0.1) is 0 Å². The van der Waals surface area contributed by atoms with Crippen LogP contribution in [-0.2, 0) is 6.42 Å². The molecule has 1 unspecified atom stereocenters. The van der Waals surface area contributed by atoms with Crippen LogP contribution in [0.4, 0.5) is 0 Å². The zero-order chi connectivity index (χ0) is 22.1. The Morgan fingerprint density at radius 3 is 2.50 bits per heavy atom. The van der Waals surface area contributed by atoms with Crippen LogP contribution in [0.2, 0.25) is 5.02 Å². The zero-order valence-corrected chi connectivity index (χ0v) is 18.5. The Balaban J connectivity index is 1.39. The van der Waals surface area contributed by atoms with Gasteiger partial charge in [0.15, 0.2) is 0 Å². The van der Waals surface area contributed by atoms with E-state index < -0.39 is 5.69 Å². The van der Waals surface area contributed by atoms with Gasteiger partial charge < -0.3 is 9.72 Å². The fraction of sp³-hybridized carbons (Fsp3) is 0.308. The Hall–Kier alpha value is -3.05. The van der Waals surface area contributed by atoms with E-state index in [-0.39, 0.29) is 11.5 Å². The van der Waals surface area contributed by atoms with Gasteiger partial charge in [-0.3, -0.25) is 9.78 Å². The fourth-order valence-electron chi connectivity index (χ4n) is 4.40. The molecular weight excluding hydrogens is 424 g/mol. The van der Waals surface area contributed by atoms with E-state index in [0.717, 1.165) is 54.7 Å². The number of benzene rings is 2. The lowest BCUT2D eigenvalue weighted by molar-refractivity contribution is 0.303. The molecule has 164 valence electrons. The molecule has 0 radical (unpaired) electrons. The van der Waals surface area contributed by atoms with Crippen LogP contribution in [0.5, 0.6) is 5.75 Å². The van der Waals surface area contributed by atoms with Gasteiger partial charge in [0.2, 0.25) is 0 Å². The number of nitrogens with one attached hydrogen (secondary N) is 2. The summed E-state index contributed by atoms with van der Waals surface area (Å²) in [5, 5.41) is 0.696. The molecule has 32 heavy (non-hydrogen) atoms. The number of allylic oxidation sites excluding steroid dienone is 2. The maximum absolute atomic E-state index is 12.6. The van der Waals surface area contributed by atoms with E-state index in [1.165, 1.54) is 5.57 Å². The summed E-state index contributed by atoms with van der Waals surface area (Å²) >= 11 is 6.56. The van der Waals surface area contributed by atoms with E-state index in [0.29, 0.717) is 23.1 Å². The van der Waals surface area contributed by atoms with Crippen molar-refractivity contribution in [3.63, 3.8) is 0 Å². The van der Waals surface area contributed by atoms with Crippen molar-refractivity contribution in [2.75, 3.05) is 0 Å². The number of ether oxygens (including phenoxy) is 1. The maximum atomic E-state index is 12.6. The summed E-state index contributed by atoms with van der Waals surface area (Å²) in [7, 11) is 0. The Morgan fingerprint density at radius 1 is 1.00 bits per heavy atom. The quantitative estimate of drug-likeness (QED) is 0.544. The molecule has 5 rings (SSSR count). The lowest BCUT2D eigenvalue weighted by atomic mass is 9.83. The van der Waals surface area contributed by atoms with E-state index >= 15 is 0 Å². The van der Waals surface area contributed by atoms with Crippen molar-refractivity contribution < 1.29 is 4.74 Å². The van der Waals surface area contributed by atoms with E-state index in [9.17, 15) is 9.59 Å². The standard InChI is InChI=1S/C26H25ClN2O3/c27-23-15-20(32-19-10-11-19)12-13-21(23)17-6-8-18(9-7-17)24-22(25(30)29-26(31)28-24)14-16-4-2-1-3-5-16/h1-6,12-13,15,18-19H,7-11,14H2,(H2,28,29,30,31). The second-order valence-electron chi connectivity index (χ2n) is 8.62. The van der Waals surface area contributed by atoms with Crippen LogP contribution in [0.3, 0.4) is 0 Å². The lowest BCUT2D eigenvalue weighted by Crippen LogP contribution is -2.30. The molecule has 0 saturated heterocycles. The van der Waals surface area contributed by atoms with Gasteiger partial charge in [0.1, 0.15) is 5.75 Å². The summed E-state index contributed by atoms with van der Waals surface area (Å²) < 4.78 is 5.84. The molecule has 1 saturated carbocycles. The van der Waals surface area contributed by atoms with Crippen LogP contribution >= 0.6 is 11.6 Å². The first-order valence-corrected chi connectivity index (χ1v) is 11.5. The predicted octanol–water partition coefficient (Wildman–Crippen LogP) is 5.20. The minimum absolute atomic E-state index is 0.0868. The summed E-state index contributed by atoms with van der Waals surface area (Å²) in [6, 6.07) is 15.8. The van der Waals surface area contributed by atoms with Crippen LogP contribution in [0.1, 0.15) is 60.4 Å². The van der Waals surface area contributed by atoms with Crippen molar-refractivity contribution >= 4 is 17.2 Å². The number of aromatic nitrogens is 2. The summed E-state index contributed by atoms with van der Waals surface area (Å²) in [6.45, 7) is 0. The summed E-state index contributed by atoms with van der Waals surface area (Å²) in [4.78, 5) is 30.0. The van der Waals surface area contributed by atoms with Crippen LogP contribution < -0.4 is 16.0 Å². The van der Waals surface area contributed by atoms with Gasteiger partial charge in [-0.05, 0) is 67.0 Å². The van der Waals surface area contributed by atoms with Crippen LogP contribution in [0.25, 0.3) is 5.57 Å². The van der Waals surface area contributed by atoms with Crippen molar-refractivity contribution in [2.24, 2.45) is 0 Å². The van der Waals surface area contributed by atoms with Crippen LogP contribution in [-0.4, -0.2) is 16.1 Å². The van der Waals surface area contributed by atoms with Gasteiger partial charge in [-0.15, -0.1) is 0 Å². The minimum atomic E-state index is -0.453.